The van der Waals surface area contributed by atoms with Crippen LogP contribution in [-0.4, -0.2) is 44.0 Å². The Morgan fingerprint density at radius 1 is 1.36 bits per heavy atom. The van der Waals surface area contributed by atoms with E-state index in [1.807, 2.05) is 7.05 Å². The standard InChI is InChI=1S/C15H22N4O4S2/c1-11(17-2)9-14-18-15(23-19-14)10-24-8-7-22-12-3-5-13(6-4-12)25(16,20)21/h3-6,11,17H,7-10H2,1-2H3,(H2,16,20,21). The molecule has 2 aromatic rings. The summed E-state index contributed by atoms with van der Waals surface area (Å²) >= 11 is 1.62. The number of nitrogens with two attached hydrogens (primary N) is 1. The van der Waals surface area contributed by atoms with Crippen LogP contribution in [0.5, 0.6) is 5.75 Å². The van der Waals surface area contributed by atoms with E-state index in [0.717, 1.165) is 12.2 Å². The molecule has 1 unspecified atom stereocenters. The fourth-order valence-electron chi connectivity index (χ4n) is 1.91. The summed E-state index contributed by atoms with van der Waals surface area (Å²) in [4.78, 5) is 4.40. The first-order valence-corrected chi connectivity index (χ1v) is 10.4. The van der Waals surface area contributed by atoms with E-state index in [-0.39, 0.29) is 4.90 Å². The number of ether oxygens (including phenoxy) is 1. The second-order valence-electron chi connectivity index (χ2n) is 5.42. The zero-order valence-electron chi connectivity index (χ0n) is 14.1. The second-order valence-corrected chi connectivity index (χ2v) is 8.08. The number of rotatable bonds is 10. The second kappa shape index (κ2) is 9.18. The van der Waals surface area contributed by atoms with E-state index < -0.39 is 10.0 Å². The Kier molecular flexibility index (Phi) is 7.24. The molecule has 0 bridgehead atoms. The molecule has 138 valence electrons. The highest BCUT2D eigenvalue weighted by atomic mass is 32.2. The van der Waals surface area contributed by atoms with Crippen molar-refractivity contribution in [2.75, 3.05) is 19.4 Å². The number of nitrogens with zero attached hydrogens (tertiary/aromatic N) is 2. The lowest BCUT2D eigenvalue weighted by Crippen LogP contribution is -2.24. The number of sulfonamides is 1. The largest absolute Gasteiger partial charge is 0.493 e. The first kappa shape index (κ1) is 19.7. The van der Waals surface area contributed by atoms with E-state index in [0.29, 0.717) is 35.9 Å². The molecule has 0 aliphatic heterocycles. The van der Waals surface area contributed by atoms with Crippen molar-refractivity contribution in [1.82, 2.24) is 15.5 Å². The minimum absolute atomic E-state index is 0.0639. The van der Waals surface area contributed by atoms with Gasteiger partial charge in [0, 0.05) is 18.2 Å². The van der Waals surface area contributed by atoms with Crippen molar-refractivity contribution >= 4 is 21.8 Å². The molecule has 0 radical (unpaired) electrons. The third-order valence-electron chi connectivity index (χ3n) is 3.37. The molecule has 8 nitrogen and oxygen atoms in total. The van der Waals surface area contributed by atoms with E-state index in [1.165, 1.54) is 12.1 Å². The molecule has 0 saturated carbocycles. The Labute approximate surface area is 151 Å². The molecule has 0 saturated heterocycles. The molecule has 0 fully saturated rings. The zero-order chi connectivity index (χ0) is 18.3. The Morgan fingerprint density at radius 3 is 2.72 bits per heavy atom. The third kappa shape index (κ3) is 6.65. The maximum atomic E-state index is 11.2. The number of hydrogen-bond donors (Lipinski definition) is 2. The van der Waals surface area contributed by atoms with Gasteiger partial charge >= 0.3 is 0 Å². The van der Waals surface area contributed by atoms with Gasteiger partial charge in [0.2, 0.25) is 15.9 Å². The number of benzene rings is 1. The van der Waals surface area contributed by atoms with Gasteiger partial charge in [-0.25, -0.2) is 13.6 Å². The van der Waals surface area contributed by atoms with Crippen LogP contribution < -0.4 is 15.2 Å². The molecular weight excluding hydrogens is 364 g/mol. The number of likely N-dealkylation sites (N-methyl/N-ethyl adjacent to an activating group) is 1. The summed E-state index contributed by atoms with van der Waals surface area (Å²) in [7, 11) is -1.78. The van der Waals surface area contributed by atoms with Crippen LogP contribution >= 0.6 is 11.8 Å². The Balaban J connectivity index is 1.68. The summed E-state index contributed by atoms with van der Waals surface area (Å²) in [6.07, 6.45) is 0.724. The Hall–Kier alpha value is -1.62. The average Bonchev–Trinajstić information content (AvgIpc) is 3.01. The van der Waals surface area contributed by atoms with Crippen molar-refractivity contribution in [1.29, 1.82) is 0 Å². The number of nitrogens with one attached hydrogen (secondary N) is 1. The minimum Gasteiger partial charge on any atom is -0.493 e. The minimum atomic E-state index is -3.67. The molecule has 0 spiro atoms. The fraction of sp³-hybridized carbons (Fsp3) is 0.467. The van der Waals surface area contributed by atoms with Crippen molar-refractivity contribution in [2.45, 2.75) is 30.0 Å². The normalized spacial score (nSPS) is 12.9. The van der Waals surface area contributed by atoms with Crippen LogP contribution in [-0.2, 0) is 22.2 Å². The molecular formula is C15H22N4O4S2. The first-order chi connectivity index (χ1) is 11.9. The fourth-order valence-corrected chi connectivity index (χ4v) is 3.06. The molecule has 0 aliphatic carbocycles. The smallest absolute Gasteiger partial charge is 0.238 e. The van der Waals surface area contributed by atoms with E-state index in [9.17, 15) is 8.42 Å². The monoisotopic (exact) mass is 386 g/mol. The molecule has 0 amide bonds. The molecule has 25 heavy (non-hydrogen) atoms. The first-order valence-electron chi connectivity index (χ1n) is 7.70. The van der Waals surface area contributed by atoms with Crippen LogP contribution in [0.1, 0.15) is 18.6 Å². The summed E-state index contributed by atoms with van der Waals surface area (Å²) in [6, 6.07) is 6.30. The maximum absolute atomic E-state index is 11.2. The van der Waals surface area contributed by atoms with Crippen molar-refractivity contribution in [3.8, 4) is 5.75 Å². The van der Waals surface area contributed by atoms with Crippen LogP contribution in [0.15, 0.2) is 33.7 Å². The van der Waals surface area contributed by atoms with E-state index in [4.69, 9.17) is 14.4 Å². The van der Waals surface area contributed by atoms with Gasteiger partial charge < -0.3 is 14.6 Å². The number of aromatic nitrogens is 2. The molecule has 1 aromatic heterocycles. The van der Waals surface area contributed by atoms with Crippen LogP contribution in [0.4, 0.5) is 0 Å². The van der Waals surface area contributed by atoms with Gasteiger partial charge in [0.1, 0.15) is 5.75 Å². The van der Waals surface area contributed by atoms with Crippen LogP contribution in [0.3, 0.4) is 0 Å². The quantitative estimate of drug-likeness (QED) is 0.584. The predicted octanol–water partition coefficient (Wildman–Crippen LogP) is 1.18. The predicted molar refractivity (Wildman–Crippen MR) is 96.0 cm³/mol. The highest BCUT2D eigenvalue weighted by molar-refractivity contribution is 7.98. The lowest BCUT2D eigenvalue weighted by molar-refractivity contribution is 0.343. The molecule has 0 aliphatic rings. The summed E-state index contributed by atoms with van der Waals surface area (Å²) in [6.45, 7) is 2.54. The van der Waals surface area contributed by atoms with Gasteiger partial charge in [-0.15, -0.1) is 11.8 Å². The Bertz CT molecular complexity index is 762. The molecule has 3 N–H and O–H groups in total. The molecule has 10 heteroatoms. The number of thioether (sulfide) groups is 1. The van der Waals surface area contributed by atoms with Crippen LogP contribution in [0.25, 0.3) is 0 Å². The van der Waals surface area contributed by atoms with Gasteiger partial charge in [-0.3, -0.25) is 0 Å². The van der Waals surface area contributed by atoms with Gasteiger partial charge in [-0.1, -0.05) is 5.16 Å². The lowest BCUT2D eigenvalue weighted by Gasteiger charge is -2.06. The lowest BCUT2D eigenvalue weighted by atomic mass is 10.2. The molecule has 1 heterocycles. The maximum Gasteiger partial charge on any atom is 0.238 e. The number of hydrogen-bond acceptors (Lipinski definition) is 8. The molecule has 1 aromatic carbocycles. The highest BCUT2D eigenvalue weighted by Crippen LogP contribution is 2.16. The SMILES string of the molecule is CNC(C)Cc1noc(CSCCOc2ccc(S(N)(=O)=O)cc2)n1. The van der Waals surface area contributed by atoms with E-state index in [1.54, 1.807) is 23.9 Å². The van der Waals surface area contributed by atoms with Crippen molar-refractivity contribution in [2.24, 2.45) is 5.14 Å². The summed E-state index contributed by atoms with van der Waals surface area (Å²) in [5.74, 6) is 3.24. The number of primary sulfonamides is 1. The highest BCUT2D eigenvalue weighted by Gasteiger charge is 2.10. The average molecular weight is 386 g/mol. The topological polar surface area (TPSA) is 120 Å². The van der Waals surface area contributed by atoms with Gasteiger partial charge in [-0.2, -0.15) is 4.98 Å². The third-order valence-corrected chi connectivity index (χ3v) is 5.20. The summed E-state index contributed by atoms with van der Waals surface area (Å²) in [5, 5.41) is 12.1. The molecule has 1 atom stereocenters. The van der Waals surface area contributed by atoms with Crippen molar-refractivity contribution in [3.63, 3.8) is 0 Å². The van der Waals surface area contributed by atoms with Gasteiger partial charge in [-0.05, 0) is 38.2 Å². The summed E-state index contributed by atoms with van der Waals surface area (Å²) in [5.41, 5.74) is 0. The van der Waals surface area contributed by atoms with Crippen LogP contribution in [0, 0.1) is 0 Å². The van der Waals surface area contributed by atoms with Crippen LogP contribution in [0.2, 0.25) is 0 Å². The van der Waals surface area contributed by atoms with Gasteiger partial charge in [0.15, 0.2) is 5.82 Å². The summed E-state index contributed by atoms with van der Waals surface area (Å²) < 4.78 is 33.1. The van der Waals surface area contributed by atoms with Crippen molar-refractivity contribution < 1.29 is 17.7 Å². The van der Waals surface area contributed by atoms with E-state index in [2.05, 4.69) is 22.4 Å². The van der Waals surface area contributed by atoms with E-state index >= 15 is 0 Å². The zero-order valence-corrected chi connectivity index (χ0v) is 15.8. The molecule has 2 rings (SSSR count). The Morgan fingerprint density at radius 2 is 2.08 bits per heavy atom. The van der Waals surface area contributed by atoms with Gasteiger partial charge in [0.05, 0.1) is 17.3 Å². The van der Waals surface area contributed by atoms with Gasteiger partial charge in [0.25, 0.3) is 0 Å². The van der Waals surface area contributed by atoms with Crippen molar-refractivity contribution in [3.05, 3.63) is 36.0 Å².